The summed E-state index contributed by atoms with van der Waals surface area (Å²) in [6.45, 7) is 0. The van der Waals surface area contributed by atoms with Crippen LogP contribution in [0, 0.1) is 0 Å². The maximum Gasteiger partial charge on any atom is 0.200 e. The Hall–Kier alpha value is -3.01. The molecule has 0 bridgehead atoms. The standard InChI is InChI=1S/C23H14Cl2N2O/c24-22-19(17(11-13-26-22)15-7-3-1-4-8-15)21(28)20-18(12-14-27-23(20)25)16-9-5-2-6-10-16/h1-14H. The Bertz CT molecular complexity index is 1050. The van der Waals surface area contributed by atoms with E-state index in [2.05, 4.69) is 9.97 Å². The van der Waals surface area contributed by atoms with Crippen molar-refractivity contribution >= 4 is 29.0 Å². The lowest BCUT2D eigenvalue weighted by molar-refractivity contribution is 0.103. The predicted molar refractivity (Wildman–Crippen MR) is 113 cm³/mol. The maximum atomic E-state index is 13.6. The van der Waals surface area contributed by atoms with Gasteiger partial charge >= 0.3 is 0 Å². The number of hydrogen-bond acceptors (Lipinski definition) is 3. The molecular formula is C23H14Cl2N2O. The summed E-state index contributed by atoms with van der Waals surface area (Å²) in [5.74, 6) is -0.311. The number of benzene rings is 2. The molecule has 2 aromatic heterocycles. The molecule has 0 spiro atoms. The first-order valence-electron chi connectivity index (χ1n) is 8.61. The van der Waals surface area contributed by atoms with E-state index >= 15 is 0 Å². The third-order valence-electron chi connectivity index (χ3n) is 4.43. The first kappa shape index (κ1) is 18.4. The van der Waals surface area contributed by atoms with Gasteiger partial charge in [-0.2, -0.15) is 0 Å². The van der Waals surface area contributed by atoms with Crippen molar-refractivity contribution < 1.29 is 4.79 Å². The molecule has 0 atom stereocenters. The molecule has 0 amide bonds. The first-order chi connectivity index (χ1) is 13.7. The van der Waals surface area contributed by atoms with Crippen molar-refractivity contribution in [2.75, 3.05) is 0 Å². The minimum atomic E-state index is -0.311. The number of hydrogen-bond donors (Lipinski definition) is 0. The van der Waals surface area contributed by atoms with Crippen molar-refractivity contribution in [3.8, 4) is 22.3 Å². The number of rotatable bonds is 4. The molecule has 28 heavy (non-hydrogen) atoms. The summed E-state index contributed by atoms with van der Waals surface area (Å²) < 4.78 is 0. The number of carbonyl (C=O) groups excluding carboxylic acids is 1. The van der Waals surface area contributed by atoms with Crippen LogP contribution in [0.5, 0.6) is 0 Å². The lowest BCUT2D eigenvalue weighted by Gasteiger charge is -2.14. The van der Waals surface area contributed by atoms with E-state index in [1.165, 1.54) is 0 Å². The van der Waals surface area contributed by atoms with Crippen LogP contribution in [0.3, 0.4) is 0 Å². The van der Waals surface area contributed by atoms with Gasteiger partial charge in [0.1, 0.15) is 10.3 Å². The average Bonchev–Trinajstić information content (AvgIpc) is 2.74. The third-order valence-corrected chi connectivity index (χ3v) is 5.01. The van der Waals surface area contributed by atoms with E-state index < -0.39 is 0 Å². The summed E-state index contributed by atoms with van der Waals surface area (Å²) in [5, 5.41) is 0.260. The molecule has 0 unspecified atom stereocenters. The number of nitrogens with zero attached hydrogens (tertiary/aromatic N) is 2. The van der Waals surface area contributed by atoms with E-state index in [0.717, 1.165) is 11.1 Å². The molecule has 0 saturated heterocycles. The van der Waals surface area contributed by atoms with E-state index in [0.29, 0.717) is 22.3 Å². The van der Waals surface area contributed by atoms with Crippen molar-refractivity contribution in [3.63, 3.8) is 0 Å². The van der Waals surface area contributed by atoms with Crippen molar-refractivity contribution in [1.82, 2.24) is 9.97 Å². The van der Waals surface area contributed by atoms with E-state index in [-0.39, 0.29) is 16.1 Å². The Labute approximate surface area is 172 Å². The Balaban J connectivity index is 1.94. The summed E-state index contributed by atoms with van der Waals surface area (Å²) in [6, 6.07) is 22.7. The van der Waals surface area contributed by atoms with Gasteiger partial charge in [0.2, 0.25) is 0 Å². The minimum Gasteiger partial charge on any atom is -0.288 e. The van der Waals surface area contributed by atoms with Crippen LogP contribution < -0.4 is 0 Å². The fraction of sp³-hybridized carbons (Fsp3) is 0. The zero-order chi connectivity index (χ0) is 19.5. The van der Waals surface area contributed by atoms with Gasteiger partial charge < -0.3 is 0 Å². The van der Waals surface area contributed by atoms with E-state index in [1.54, 1.807) is 24.5 Å². The van der Waals surface area contributed by atoms with Crippen LogP contribution in [0.4, 0.5) is 0 Å². The highest BCUT2D eigenvalue weighted by Crippen LogP contribution is 2.35. The molecule has 4 aromatic rings. The predicted octanol–water partition coefficient (Wildman–Crippen LogP) is 6.35. The second-order valence-corrected chi connectivity index (χ2v) is 6.83. The van der Waals surface area contributed by atoms with Gasteiger partial charge in [-0.05, 0) is 34.4 Å². The smallest absolute Gasteiger partial charge is 0.200 e. The molecule has 0 radical (unpaired) electrons. The molecule has 0 N–H and O–H groups in total. The van der Waals surface area contributed by atoms with Gasteiger partial charge in [0.25, 0.3) is 0 Å². The summed E-state index contributed by atoms with van der Waals surface area (Å²) in [4.78, 5) is 21.9. The SMILES string of the molecule is O=C(c1c(-c2ccccc2)ccnc1Cl)c1c(-c2ccccc2)ccnc1Cl. The van der Waals surface area contributed by atoms with Gasteiger partial charge in [0.15, 0.2) is 5.78 Å². The molecule has 4 rings (SSSR count). The van der Waals surface area contributed by atoms with Crippen molar-refractivity contribution in [2.24, 2.45) is 0 Å². The second-order valence-electron chi connectivity index (χ2n) is 6.11. The number of pyridine rings is 2. The molecular weight excluding hydrogens is 391 g/mol. The largest absolute Gasteiger partial charge is 0.288 e. The number of carbonyl (C=O) groups is 1. The lowest BCUT2D eigenvalue weighted by atomic mass is 9.92. The van der Waals surface area contributed by atoms with Gasteiger partial charge in [-0.25, -0.2) is 9.97 Å². The van der Waals surface area contributed by atoms with Gasteiger partial charge in [0, 0.05) is 12.4 Å². The number of ketones is 1. The van der Waals surface area contributed by atoms with Crippen LogP contribution in [0.25, 0.3) is 22.3 Å². The quantitative estimate of drug-likeness (QED) is 0.294. The molecule has 2 heterocycles. The van der Waals surface area contributed by atoms with E-state index in [4.69, 9.17) is 23.2 Å². The summed E-state index contributed by atoms with van der Waals surface area (Å²) >= 11 is 12.8. The van der Waals surface area contributed by atoms with Gasteiger partial charge in [-0.1, -0.05) is 83.9 Å². The van der Waals surface area contributed by atoms with E-state index in [1.807, 2.05) is 60.7 Å². The van der Waals surface area contributed by atoms with Gasteiger partial charge in [-0.3, -0.25) is 4.79 Å². The molecule has 0 fully saturated rings. The highest BCUT2D eigenvalue weighted by molar-refractivity contribution is 6.38. The molecule has 0 aliphatic heterocycles. The maximum absolute atomic E-state index is 13.6. The molecule has 5 heteroatoms. The number of aromatic nitrogens is 2. The lowest BCUT2D eigenvalue weighted by Crippen LogP contribution is -2.09. The zero-order valence-corrected chi connectivity index (χ0v) is 16.2. The highest BCUT2D eigenvalue weighted by atomic mass is 35.5. The number of halogens is 2. The van der Waals surface area contributed by atoms with E-state index in [9.17, 15) is 4.79 Å². The highest BCUT2D eigenvalue weighted by Gasteiger charge is 2.25. The third kappa shape index (κ3) is 3.42. The fourth-order valence-electron chi connectivity index (χ4n) is 3.15. The molecule has 0 saturated carbocycles. The molecule has 0 aliphatic rings. The normalized spacial score (nSPS) is 10.6. The monoisotopic (exact) mass is 404 g/mol. The van der Waals surface area contributed by atoms with Gasteiger partial charge in [-0.15, -0.1) is 0 Å². The molecule has 2 aromatic carbocycles. The van der Waals surface area contributed by atoms with Crippen molar-refractivity contribution in [2.45, 2.75) is 0 Å². The van der Waals surface area contributed by atoms with Crippen molar-refractivity contribution in [1.29, 1.82) is 0 Å². The Morgan fingerprint density at radius 2 is 1.00 bits per heavy atom. The Morgan fingerprint density at radius 3 is 1.39 bits per heavy atom. The van der Waals surface area contributed by atoms with Crippen LogP contribution in [0.1, 0.15) is 15.9 Å². The molecule has 136 valence electrons. The molecule has 0 aliphatic carbocycles. The summed E-state index contributed by atoms with van der Waals surface area (Å²) in [7, 11) is 0. The topological polar surface area (TPSA) is 42.9 Å². The zero-order valence-electron chi connectivity index (χ0n) is 14.6. The summed E-state index contributed by atoms with van der Waals surface area (Å²) in [5.41, 5.74) is 3.76. The van der Waals surface area contributed by atoms with Crippen LogP contribution in [-0.4, -0.2) is 15.8 Å². The van der Waals surface area contributed by atoms with Crippen molar-refractivity contribution in [3.05, 3.63) is 107 Å². The minimum absolute atomic E-state index is 0.130. The molecule has 3 nitrogen and oxygen atoms in total. The first-order valence-corrected chi connectivity index (χ1v) is 9.37. The summed E-state index contributed by atoms with van der Waals surface area (Å²) in [6.07, 6.45) is 3.18. The second kappa shape index (κ2) is 7.93. The Kier molecular flexibility index (Phi) is 5.20. The Morgan fingerprint density at radius 1 is 0.607 bits per heavy atom. The average molecular weight is 405 g/mol. The van der Waals surface area contributed by atoms with Crippen LogP contribution in [0.2, 0.25) is 10.3 Å². The fourth-order valence-corrected chi connectivity index (χ4v) is 3.63. The van der Waals surface area contributed by atoms with Crippen LogP contribution >= 0.6 is 23.2 Å². The van der Waals surface area contributed by atoms with Crippen LogP contribution in [-0.2, 0) is 0 Å². The van der Waals surface area contributed by atoms with Crippen LogP contribution in [0.15, 0.2) is 85.2 Å². The van der Waals surface area contributed by atoms with Gasteiger partial charge in [0.05, 0.1) is 11.1 Å².